The summed E-state index contributed by atoms with van der Waals surface area (Å²) in [5.41, 5.74) is 0.961. The maximum absolute atomic E-state index is 12.8. The van der Waals surface area contributed by atoms with E-state index in [-0.39, 0.29) is 18.2 Å². The molecule has 9 heteroatoms. The molecule has 0 saturated carbocycles. The number of likely N-dealkylation sites (tertiary alicyclic amines) is 1. The van der Waals surface area contributed by atoms with Crippen molar-refractivity contribution in [3.05, 3.63) is 24.3 Å². The molecule has 1 amide bonds. The standard InChI is InChI=1S/C27H41N5O4/c1-18(2)32-25-9-5-4-8-24(25)26(29-32)36-27(34)28-19-13-20-10-11-21(14-19)31(20)16-23(33)15-30-12-6-7-22(30)17-35-3/h4-5,8-9,18-23,33H,6-7,10-17H2,1-3H3,(H,28,34)/t19-,20-,21+,22-,23?/m0/s1. The van der Waals surface area contributed by atoms with Gasteiger partial charge in [0.25, 0.3) is 5.88 Å². The SMILES string of the molecule is COC[C@@H]1CCCN1CC(O)CN1[C@@H]2CC[C@H]1C[C@H](NC(=O)Oc1nn(C(C)C)c3ccccc13)C2. The van der Waals surface area contributed by atoms with Gasteiger partial charge in [0.15, 0.2) is 0 Å². The van der Waals surface area contributed by atoms with Crippen molar-refractivity contribution in [3.63, 3.8) is 0 Å². The van der Waals surface area contributed by atoms with E-state index in [1.54, 1.807) is 7.11 Å². The number of rotatable bonds is 9. The van der Waals surface area contributed by atoms with Gasteiger partial charge in [-0.1, -0.05) is 12.1 Å². The molecule has 4 heterocycles. The van der Waals surface area contributed by atoms with Crippen LogP contribution < -0.4 is 10.1 Å². The summed E-state index contributed by atoms with van der Waals surface area (Å²) in [6, 6.07) is 9.28. The lowest BCUT2D eigenvalue weighted by molar-refractivity contribution is 0.0231. The lowest BCUT2D eigenvalue weighted by atomic mass is 9.97. The van der Waals surface area contributed by atoms with Crippen molar-refractivity contribution in [3.8, 4) is 5.88 Å². The second kappa shape index (κ2) is 11.0. The number of para-hydroxylation sites is 1. The highest BCUT2D eigenvalue weighted by Crippen LogP contribution is 2.36. The summed E-state index contributed by atoms with van der Waals surface area (Å²) < 4.78 is 12.9. The van der Waals surface area contributed by atoms with Crippen LogP contribution in [0.1, 0.15) is 58.4 Å². The Balaban J connectivity index is 1.14. The summed E-state index contributed by atoms with van der Waals surface area (Å²) in [5.74, 6) is 0.356. The predicted molar refractivity (Wildman–Crippen MR) is 138 cm³/mol. The molecule has 2 bridgehead atoms. The number of amides is 1. The van der Waals surface area contributed by atoms with Crippen molar-refractivity contribution in [2.24, 2.45) is 0 Å². The number of β-amino-alcohol motifs (C(OH)–C–C–N with tert-alkyl or cyclic N) is 1. The van der Waals surface area contributed by atoms with Gasteiger partial charge in [0.1, 0.15) is 0 Å². The molecule has 5 atom stereocenters. The highest BCUT2D eigenvalue weighted by Gasteiger charge is 2.42. The minimum atomic E-state index is -0.440. The van der Waals surface area contributed by atoms with E-state index >= 15 is 0 Å². The molecule has 0 spiro atoms. The third-order valence-electron chi connectivity index (χ3n) is 8.19. The number of carbonyl (C=O) groups is 1. The van der Waals surface area contributed by atoms with E-state index in [1.165, 1.54) is 6.42 Å². The van der Waals surface area contributed by atoms with Crippen LogP contribution in [0.5, 0.6) is 5.88 Å². The monoisotopic (exact) mass is 499 g/mol. The largest absolute Gasteiger partial charge is 0.414 e. The van der Waals surface area contributed by atoms with Crippen LogP contribution in [0, 0.1) is 0 Å². The molecule has 1 unspecified atom stereocenters. The van der Waals surface area contributed by atoms with E-state index in [9.17, 15) is 9.90 Å². The Labute approximate surface area is 213 Å². The maximum atomic E-state index is 12.8. The Kier molecular flexibility index (Phi) is 7.81. The highest BCUT2D eigenvalue weighted by molar-refractivity contribution is 5.87. The van der Waals surface area contributed by atoms with Gasteiger partial charge >= 0.3 is 6.09 Å². The van der Waals surface area contributed by atoms with Crippen LogP contribution in [-0.2, 0) is 4.74 Å². The van der Waals surface area contributed by atoms with Gasteiger partial charge in [0.2, 0.25) is 0 Å². The third kappa shape index (κ3) is 5.39. The first-order chi connectivity index (χ1) is 17.4. The van der Waals surface area contributed by atoms with Crippen molar-refractivity contribution in [1.82, 2.24) is 24.9 Å². The van der Waals surface area contributed by atoms with Gasteiger partial charge in [-0.05, 0) is 71.0 Å². The summed E-state index contributed by atoms with van der Waals surface area (Å²) >= 11 is 0. The van der Waals surface area contributed by atoms with E-state index in [0.717, 1.165) is 56.2 Å². The molecular weight excluding hydrogens is 458 g/mol. The number of hydrogen-bond donors (Lipinski definition) is 2. The zero-order valence-electron chi connectivity index (χ0n) is 21.8. The van der Waals surface area contributed by atoms with Crippen LogP contribution in [0.4, 0.5) is 4.79 Å². The van der Waals surface area contributed by atoms with Gasteiger partial charge in [-0.25, -0.2) is 4.79 Å². The number of piperidine rings is 1. The molecular formula is C27H41N5O4. The van der Waals surface area contributed by atoms with Crippen LogP contribution >= 0.6 is 0 Å². The number of aliphatic hydroxyl groups excluding tert-OH is 1. The molecule has 3 aliphatic rings. The topological polar surface area (TPSA) is 92.1 Å². The Morgan fingerprint density at radius 3 is 2.64 bits per heavy atom. The quantitative estimate of drug-likeness (QED) is 0.548. The number of carbonyl (C=O) groups excluding carboxylic acids is 1. The summed E-state index contributed by atoms with van der Waals surface area (Å²) in [5, 5.41) is 19.4. The molecule has 198 valence electrons. The highest BCUT2D eigenvalue weighted by atomic mass is 16.6. The van der Waals surface area contributed by atoms with Crippen molar-refractivity contribution in [2.45, 2.75) is 88.7 Å². The third-order valence-corrected chi connectivity index (χ3v) is 8.19. The van der Waals surface area contributed by atoms with Crippen LogP contribution in [0.25, 0.3) is 10.9 Å². The molecule has 1 aromatic heterocycles. The Hall–Kier alpha value is -2.20. The van der Waals surface area contributed by atoms with Crippen molar-refractivity contribution in [1.29, 1.82) is 0 Å². The number of nitrogens with zero attached hydrogens (tertiary/aromatic N) is 4. The minimum absolute atomic E-state index is 0.0755. The number of fused-ring (bicyclic) bond motifs is 3. The first-order valence-corrected chi connectivity index (χ1v) is 13.5. The fraction of sp³-hybridized carbons (Fsp3) is 0.704. The number of hydrogen-bond acceptors (Lipinski definition) is 7. The first-order valence-electron chi connectivity index (χ1n) is 13.5. The molecule has 0 radical (unpaired) electrons. The smallest absolute Gasteiger partial charge is 0.390 e. The molecule has 1 aromatic carbocycles. The van der Waals surface area contributed by atoms with Gasteiger partial charge in [0.05, 0.1) is 23.6 Å². The maximum Gasteiger partial charge on any atom is 0.414 e. The van der Waals surface area contributed by atoms with Crippen LogP contribution in [-0.4, -0.2) is 94.4 Å². The predicted octanol–water partition coefficient (Wildman–Crippen LogP) is 3.17. The lowest BCUT2D eigenvalue weighted by Gasteiger charge is -2.40. The summed E-state index contributed by atoms with van der Waals surface area (Å²) in [6.07, 6.45) is 5.51. The summed E-state index contributed by atoms with van der Waals surface area (Å²) in [6.45, 7) is 7.30. The fourth-order valence-electron chi connectivity index (χ4n) is 6.59. The van der Waals surface area contributed by atoms with E-state index < -0.39 is 6.09 Å². The van der Waals surface area contributed by atoms with Crippen molar-refractivity contribution < 1.29 is 19.4 Å². The molecule has 36 heavy (non-hydrogen) atoms. The van der Waals surface area contributed by atoms with E-state index in [2.05, 4.69) is 34.1 Å². The molecule has 3 saturated heterocycles. The number of benzene rings is 1. The number of nitrogens with one attached hydrogen (secondary N) is 1. The lowest BCUT2D eigenvalue weighted by Crippen LogP contribution is -2.53. The second-order valence-corrected chi connectivity index (χ2v) is 11.0. The Morgan fingerprint density at radius 1 is 1.17 bits per heavy atom. The van der Waals surface area contributed by atoms with Gasteiger partial charge in [-0.15, -0.1) is 5.10 Å². The van der Waals surface area contributed by atoms with Gasteiger partial charge < -0.3 is 19.9 Å². The molecule has 3 fully saturated rings. The van der Waals surface area contributed by atoms with E-state index in [0.29, 0.717) is 37.1 Å². The molecule has 2 aromatic rings. The molecule has 9 nitrogen and oxygen atoms in total. The number of methoxy groups -OCH3 is 1. The minimum Gasteiger partial charge on any atom is -0.390 e. The van der Waals surface area contributed by atoms with Gasteiger partial charge in [0, 0.05) is 50.4 Å². The summed E-state index contributed by atoms with van der Waals surface area (Å²) in [4.78, 5) is 17.7. The zero-order valence-corrected chi connectivity index (χ0v) is 21.8. The molecule has 3 aliphatic heterocycles. The van der Waals surface area contributed by atoms with E-state index in [4.69, 9.17) is 9.47 Å². The molecule has 5 rings (SSSR count). The second-order valence-electron chi connectivity index (χ2n) is 11.0. The van der Waals surface area contributed by atoms with Crippen molar-refractivity contribution in [2.75, 3.05) is 33.4 Å². The Morgan fingerprint density at radius 2 is 1.92 bits per heavy atom. The average molecular weight is 500 g/mol. The Bertz CT molecular complexity index is 1030. The van der Waals surface area contributed by atoms with Gasteiger partial charge in [-0.3, -0.25) is 14.5 Å². The number of aliphatic hydroxyl groups is 1. The van der Waals surface area contributed by atoms with Crippen LogP contribution in [0.15, 0.2) is 24.3 Å². The van der Waals surface area contributed by atoms with Crippen LogP contribution in [0.2, 0.25) is 0 Å². The van der Waals surface area contributed by atoms with E-state index in [1.807, 2.05) is 28.9 Å². The summed E-state index contributed by atoms with van der Waals surface area (Å²) in [7, 11) is 1.75. The fourth-order valence-corrected chi connectivity index (χ4v) is 6.59. The normalized spacial score (nSPS) is 27.7. The van der Waals surface area contributed by atoms with Crippen LogP contribution in [0.3, 0.4) is 0 Å². The zero-order chi connectivity index (χ0) is 25.2. The average Bonchev–Trinajstić information content (AvgIpc) is 3.49. The first kappa shape index (κ1) is 25.4. The van der Waals surface area contributed by atoms with Crippen molar-refractivity contribution >= 4 is 17.0 Å². The molecule has 2 N–H and O–H groups in total. The number of aromatic nitrogens is 2. The molecule has 0 aliphatic carbocycles. The number of ether oxygens (including phenoxy) is 2. The van der Waals surface area contributed by atoms with Gasteiger partial charge in [-0.2, -0.15) is 0 Å².